The van der Waals surface area contributed by atoms with Crippen molar-refractivity contribution in [1.82, 2.24) is 9.21 Å². The lowest BCUT2D eigenvalue weighted by Crippen LogP contribution is -2.41. The highest BCUT2D eigenvalue weighted by atomic mass is 32.2. The van der Waals surface area contributed by atoms with Crippen LogP contribution in [0.5, 0.6) is 0 Å². The monoisotopic (exact) mass is 325 g/mol. The average Bonchev–Trinajstić information content (AvgIpc) is 2.83. The second kappa shape index (κ2) is 7.71. The number of carbonyl (C=O) groups excluding carboxylic acids is 1. The molecular formula is C15H23N3O3S. The first-order chi connectivity index (χ1) is 10.5. The van der Waals surface area contributed by atoms with E-state index in [0.717, 1.165) is 5.56 Å². The van der Waals surface area contributed by atoms with Gasteiger partial charge in [-0.2, -0.15) is 4.31 Å². The van der Waals surface area contributed by atoms with Crippen molar-refractivity contribution in [3.05, 3.63) is 35.9 Å². The number of rotatable bonds is 7. The van der Waals surface area contributed by atoms with E-state index in [9.17, 15) is 13.2 Å². The summed E-state index contributed by atoms with van der Waals surface area (Å²) in [6.45, 7) is 1.89. The van der Waals surface area contributed by atoms with Crippen molar-refractivity contribution in [2.24, 2.45) is 5.73 Å². The standard InChI is InChI=1S/C15H23N3O3S/c16-8-4-9-17(12-14-6-2-1-3-7-14)15(19)13-18-10-5-11-22(18,20)21/h1-3,6-7H,4-5,8-13,16H2. The molecule has 0 aromatic heterocycles. The minimum Gasteiger partial charge on any atom is -0.337 e. The van der Waals surface area contributed by atoms with E-state index in [1.54, 1.807) is 4.90 Å². The van der Waals surface area contributed by atoms with Crippen LogP contribution >= 0.6 is 0 Å². The maximum Gasteiger partial charge on any atom is 0.238 e. The molecule has 1 saturated heterocycles. The second-order valence-corrected chi connectivity index (χ2v) is 7.53. The molecule has 0 radical (unpaired) electrons. The molecule has 122 valence electrons. The highest BCUT2D eigenvalue weighted by Gasteiger charge is 2.31. The van der Waals surface area contributed by atoms with Gasteiger partial charge in [0, 0.05) is 19.6 Å². The Balaban J connectivity index is 2.02. The first-order valence-corrected chi connectivity index (χ1v) is 9.13. The van der Waals surface area contributed by atoms with Crippen molar-refractivity contribution < 1.29 is 13.2 Å². The molecule has 0 atom stereocenters. The van der Waals surface area contributed by atoms with Crippen LogP contribution in [0.15, 0.2) is 30.3 Å². The van der Waals surface area contributed by atoms with Gasteiger partial charge in [-0.05, 0) is 24.9 Å². The van der Waals surface area contributed by atoms with Gasteiger partial charge < -0.3 is 10.6 Å². The topological polar surface area (TPSA) is 83.7 Å². The Bertz CT molecular complexity index is 589. The quantitative estimate of drug-likeness (QED) is 0.786. The third-order valence-electron chi connectivity index (χ3n) is 3.72. The van der Waals surface area contributed by atoms with E-state index < -0.39 is 10.0 Å². The van der Waals surface area contributed by atoms with Gasteiger partial charge in [0.25, 0.3) is 0 Å². The van der Waals surface area contributed by atoms with Crippen LogP contribution in [0.1, 0.15) is 18.4 Å². The Labute approximate surface area is 131 Å². The largest absolute Gasteiger partial charge is 0.337 e. The van der Waals surface area contributed by atoms with Crippen LogP contribution in [-0.4, -0.2) is 55.5 Å². The fourth-order valence-electron chi connectivity index (χ4n) is 2.50. The van der Waals surface area contributed by atoms with Crippen LogP contribution in [0.3, 0.4) is 0 Å². The normalized spacial score (nSPS) is 17.5. The van der Waals surface area contributed by atoms with Crippen molar-refractivity contribution in [3.8, 4) is 0 Å². The molecule has 2 rings (SSSR count). The van der Waals surface area contributed by atoms with E-state index in [1.165, 1.54) is 4.31 Å². The number of sulfonamides is 1. The minimum absolute atomic E-state index is 0.0697. The zero-order chi connectivity index (χ0) is 16.0. The summed E-state index contributed by atoms with van der Waals surface area (Å²) >= 11 is 0. The number of amides is 1. The maximum absolute atomic E-state index is 12.5. The molecule has 1 aromatic carbocycles. The molecule has 0 bridgehead atoms. The van der Waals surface area contributed by atoms with Crippen molar-refractivity contribution >= 4 is 15.9 Å². The molecule has 22 heavy (non-hydrogen) atoms. The van der Waals surface area contributed by atoms with Gasteiger partial charge in [0.15, 0.2) is 0 Å². The predicted molar refractivity (Wildman–Crippen MR) is 85.5 cm³/mol. The molecule has 1 aliphatic rings. The van der Waals surface area contributed by atoms with Gasteiger partial charge in [0.05, 0.1) is 12.3 Å². The van der Waals surface area contributed by atoms with Gasteiger partial charge in [0.2, 0.25) is 15.9 Å². The Morgan fingerprint density at radius 1 is 1.27 bits per heavy atom. The van der Waals surface area contributed by atoms with E-state index in [1.807, 2.05) is 30.3 Å². The third kappa shape index (κ3) is 4.53. The summed E-state index contributed by atoms with van der Waals surface area (Å²) in [6, 6.07) is 9.68. The van der Waals surface area contributed by atoms with Crippen molar-refractivity contribution in [3.63, 3.8) is 0 Å². The zero-order valence-corrected chi connectivity index (χ0v) is 13.5. The summed E-state index contributed by atoms with van der Waals surface area (Å²) in [7, 11) is -3.25. The summed E-state index contributed by atoms with van der Waals surface area (Å²) < 4.78 is 24.9. The Morgan fingerprint density at radius 2 is 2.00 bits per heavy atom. The van der Waals surface area contributed by atoms with Crippen LogP contribution in [-0.2, 0) is 21.4 Å². The van der Waals surface area contributed by atoms with Crippen LogP contribution in [0, 0.1) is 0 Å². The van der Waals surface area contributed by atoms with Gasteiger partial charge in [-0.15, -0.1) is 0 Å². The number of benzene rings is 1. The molecular weight excluding hydrogens is 302 g/mol. The molecule has 1 amide bonds. The highest BCUT2D eigenvalue weighted by molar-refractivity contribution is 7.89. The van der Waals surface area contributed by atoms with Gasteiger partial charge in [-0.3, -0.25) is 4.79 Å². The molecule has 1 fully saturated rings. The smallest absolute Gasteiger partial charge is 0.238 e. The van der Waals surface area contributed by atoms with E-state index in [0.29, 0.717) is 39.0 Å². The second-order valence-electron chi connectivity index (χ2n) is 5.45. The first-order valence-electron chi connectivity index (χ1n) is 7.52. The lowest BCUT2D eigenvalue weighted by atomic mass is 10.2. The number of nitrogens with two attached hydrogens (primary N) is 1. The summed E-state index contributed by atoms with van der Waals surface area (Å²) in [4.78, 5) is 14.2. The van der Waals surface area contributed by atoms with Crippen molar-refractivity contribution in [2.45, 2.75) is 19.4 Å². The van der Waals surface area contributed by atoms with Crippen LogP contribution < -0.4 is 5.73 Å². The SMILES string of the molecule is NCCCN(Cc1ccccc1)C(=O)CN1CCCS1(=O)=O. The number of hydrogen-bond acceptors (Lipinski definition) is 4. The van der Waals surface area contributed by atoms with Gasteiger partial charge in [-0.25, -0.2) is 8.42 Å². The summed E-state index contributed by atoms with van der Waals surface area (Å²) in [6.07, 6.45) is 1.29. The Morgan fingerprint density at radius 3 is 2.59 bits per heavy atom. The number of nitrogens with zero attached hydrogens (tertiary/aromatic N) is 2. The number of carbonyl (C=O) groups is 1. The van der Waals surface area contributed by atoms with Crippen molar-refractivity contribution in [2.75, 3.05) is 31.9 Å². The molecule has 6 nitrogen and oxygen atoms in total. The molecule has 1 aromatic rings. The lowest BCUT2D eigenvalue weighted by molar-refractivity contribution is -0.132. The van der Waals surface area contributed by atoms with E-state index in [4.69, 9.17) is 5.73 Å². The summed E-state index contributed by atoms with van der Waals surface area (Å²) in [5, 5.41) is 0. The zero-order valence-electron chi connectivity index (χ0n) is 12.6. The number of hydrogen-bond donors (Lipinski definition) is 1. The predicted octanol–water partition coefficient (Wildman–Crippen LogP) is 0.399. The van der Waals surface area contributed by atoms with E-state index >= 15 is 0 Å². The molecule has 7 heteroatoms. The molecule has 2 N–H and O–H groups in total. The summed E-state index contributed by atoms with van der Waals surface area (Å²) in [5.74, 6) is -0.0235. The Kier molecular flexibility index (Phi) is 5.93. The van der Waals surface area contributed by atoms with Crippen LogP contribution in [0.4, 0.5) is 0 Å². The first kappa shape index (κ1) is 16.9. The van der Waals surface area contributed by atoms with Crippen molar-refractivity contribution in [1.29, 1.82) is 0 Å². The average molecular weight is 325 g/mol. The third-order valence-corrected chi connectivity index (χ3v) is 5.62. The Hall–Kier alpha value is -1.44. The maximum atomic E-state index is 12.5. The molecule has 1 aliphatic heterocycles. The van der Waals surface area contributed by atoms with Crippen LogP contribution in [0.25, 0.3) is 0 Å². The molecule has 1 heterocycles. The lowest BCUT2D eigenvalue weighted by Gasteiger charge is -2.25. The molecule has 0 spiro atoms. The van der Waals surface area contributed by atoms with Gasteiger partial charge in [-0.1, -0.05) is 30.3 Å². The minimum atomic E-state index is -3.25. The molecule has 0 unspecified atom stereocenters. The fraction of sp³-hybridized carbons (Fsp3) is 0.533. The molecule has 0 aliphatic carbocycles. The summed E-state index contributed by atoms with van der Waals surface area (Å²) in [5.41, 5.74) is 6.56. The highest BCUT2D eigenvalue weighted by Crippen LogP contribution is 2.14. The van der Waals surface area contributed by atoms with E-state index in [2.05, 4.69) is 0 Å². The molecule has 0 saturated carbocycles. The van der Waals surface area contributed by atoms with Crippen LogP contribution in [0.2, 0.25) is 0 Å². The van der Waals surface area contributed by atoms with Gasteiger partial charge >= 0.3 is 0 Å². The van der Waals surface area contributed by atoms with Gasteiger partial charge in [0.1, 0.15) is 0 Å². The van der Waals surface area contributed by atoms with E-state index in [-0.39, 0.29) is 18.2 Å². The fourth-order valence-corrected chi connectivity index (χ4v) is 3.96.